The van der Waals surface area contributed by atoms with Gasteiger partial charge in [0.05, 0.1) is 18.1 Å². The fourth-order valence-electron chi connectivity index (χ4n) is 3.06. The third-order valence-corrected chi connectivity index (χ3v) is 5.93. The number of carboxylic acid groups (broad SMARTS) is 1. The lowest BCUT2D eigenvalue weighted by Crippen LogP contribution is -2.61. The molecule has 0 spiro atoms. The van der Waals surface area contributed by atoms with Gasteiger partial charge in [0, 0.05) is 17.7 Å². The number of nitrogens with zero attached hydrogens (tertiary/aromatic N) is 1. The molecule has 1 saturated heterocycles. The van der Waals surface area contributed by atoms with E-state index < -0.39 is 29.2 Å². The number of rotatable bonds is 8. The van der Waals surface area contributed by atoms with Crippen LogP contribution >= 0.6 is 11.9 Å². The second kappa shape index (κ2) is 7.22. The van der Waals surface area contributed by atoms with Crippen LogP contribution in [0.25, 0.3) is 0 Å². The summed E-state index contributed by atoms with van der Waals surface area (Å²) >= 11 is 0.0107. The Bertz CT molecular complexity index is 497. The molecule has 22 heavy (non-hydrogen) atoms. The van der Waals surface area contributed by atoms with E-state index in [-0.39, 0.29) is 23.4 Å². The number of aliphatic hydroxyl groups excluding tert-OH is 1. The molecular formula is C13H20N2O5S2. The molecule has 2 rings (SSSR count). The molecular weight excluding hydrogens is 328 g/mol. The highest BCUT2D eigenvalue weighted by Gasteiger charge is 2.56. The highest BCUT2D eigenvalue weighted by Crippen LogP contribution is 2.43. The minimum Gasteiger partial charge on any atom is -0.616 e. The number of nitrogens with two attached hydrogens (primary N) is 1. The number of carboxylic acids is 1. The Labute approximate surface area is 136 Å². The summed E-state index contributed by atoms with van der Waals surface area (Å²) in [6.45, 7) is 1.53. The summed E-state index contributed by atoms with van der Waals surface area (Å²) in [7, 11) is 0. The molecule has 124 valence electrons. The highest BCUT2D eigenvalue weighted by atomic mass is 32.2. The number of carbonyl (C=O) groups is 2. The van der Waals surface area contributed by atoms with Gasteiger partial charge in [-0.3, -0.25) is 9.93 Å². The molecule has 0 aromatic heterocycles. The van der Waals surface area contributed by atoms with Crippen LogP contribution in [0.5, 0.6) is 0 Å². The first kappa shape index (κ1) is 17.6. The van der Waals surface area contributed by atoms with Crippen LogP contribution in [0.2, 0.25) is 0 Å². The van der Waals surface area contributed by atoms with Crippen molar-refractivity contribution in [2.24, 2.45) is 11.1 Å². The first-order chi connectivity index (χ1) is 10.4. The van der Waals surface area contributed by atoms with E-state index >= 15 is 0 Å². The quantitative estimate of drug-likeness (QED) is 0.237. The van der Waals surface area contributed by atoms with Gasteiger partial charge in [-0.25, -0.2) is 4.79 Å². The van der Waals surface area contributed by atoms with Crippen molar-refractivity contribution in [3.8, 4) is 0 Å². The van der Waals surface area contributed by atoms with Gasteiger partial charge in [0.15, 0.2) is 0 Å². The first-order valence-electron chi connectivity index (χ1n) is 7.01. The van der Waals surface area contributed by atoms with Crippen LogP contribution in [-0.4, -0.2) is 60.9 Å². The van der Waals surface area contributed by atoms with Crippen molar-refractivity contribution in [1.82, 2.24) is 4.90 Å². The van der Waals surface area contributed by atoms with Crippen molar-refractivity contribution < 1.29 is 24.4 Å². The monoisotopic (exact) mass is 348 g/mol. The standard InChI is InChI=1S/C13H20N2O5S2/c1-7(16)10-9-5-8(6-22(20)4-2-3-21-14)11(13(18)19)15(9)12(10)17/h7,9-10,16H,2-6,14H2,1H3,(H,18,19). The smallest absolute Gasteiger partial charge is 0.352 e. The number of amides is 1. The van der Waals surface area contributed by atoms with Gasteiger partial charge < -0.3 is 19.7 Å². The van der Waals surface area contributed by atoms with E-state index in [0.29, 0.717) is 29.9 Å². The summed E-state index contributed by atoms with van der Waals surface area (Å²) in [4.78, 5) is 24.7. The highest BCUT2D eigenvalue weighted by molar-refractivity contribution is 7.97. The molecule has 2 aliphatic rings. The summed E-state index contributed by atoms with van der Waals surface area (Å²) in [6.07, 6.45) is 0.266. The molecule has 7 nitrogen and oxygen atoms in total. The van der Waals surface area contributed by atoms with Crippen molar-refractivity contribution in [2.45, 2.75) is 31.9 Å². The SMILES string of the molecule is CC(O)C1C(=O)N2C(C(=O)O)=C(C[S+]([O-])CCCSN)CC12. The average Bonchev–Trinajstić information content (AvgIpc) is 2.73. The van der Waals surface area contributed by atoms with Gasteiger partial charge in [0.2, 0.25) is 5.91 Å². The third kappa shape index (κ3) is 3.28. The van der Waals surface area contributed by atoms with E-state index in [1.54, 1.807) is 0 Å². The van der Waals surface area contributed by atoms with Crippen molar-refractivity contribution in [1.29, 1.82) is 0 Å². The summed E-state index contributed by atoms with van der Waals surface area (Å²) in [5.41, 5.74) is 0.487. The molecule has 1 amide bonds. The molecule has 4 N–H and O–H groups in total. The van der Waals surface area contributed by atoms with Crippen molar-refractivity contribution in [2.75, 3.05) is 17.3 Å². The van der Waals surface area contributed by atoms with E-state index in [4.69, 9.17) is 5.14 Å². The molecule has 0 aromatic rings. The summed E-state index contributed by atoms with van der Waals surface area (Å²) in [6, 6.07) is -0.315. The van der Waals surface area contributed by atoms with E-state index in [0.717, 1.165) is 0 Å². The van der Waals surface area contributed by atoms with Crippen LogP contribution in [0.15, 0.2) is 11.3 Å². The lowest BCUT2D eigenvalue weighted by atomic mass is 9.83. The van der Waals surface area contributed by atoms with Crippen LogP contribution in [0.1, 0.15) is 19.8 Å². The van der Waals surface area contributed by atoms with E-state index in [1.807, 2.05) is 0 Å². The van der Waals surface area contributed by atoms with Crippen LogP contribution in [-0.2, 0) is 20.8 Å². The zero-order chi connectivity index (χ0) is 16.4. The number of fused-ring (bicyclic) bond motifs is 1. The van der Waals surface area contributed by atoms with Crippen molar-refractivity contribution in [3.63, 3.8) is 0 Å². The number of β-lactam (4-membered cyclic amide) rings is 1. The second-order valence-electron chi connectivity index (χ2n) is 5.52. The Morgan fingerprint density at radius 3 is 2.86 bits per heavy atom. The molecule has 1 fully saturated rings. The maximum Gasteiger partial charge on any atom is 0.352 e. The molecule has 2 aliphatic heterocycles. The zero-order valence-corrected chi connectivity index (χ0v) is 13.9. The molecule has 0 aliphatic carbocycles. The Kier molecular flexibility index (Phi) is 5.78. The zero-order valence-electron chi connectivity index (χ0n) is 12.2. The number of hydrogen-bond donors (Lipinski definition) is 3. The predicted octanol–water partition coefficient (Wildman–Crippen LogP) is -0.318. The van der Waals surface area contributed by atoms with Crippen LogP contribution in [0, 0.1) is 5.92 Å². The van der Waals surface area contributed by atoms with Gasteiger partial charge in [0.25, 0.3) is 0 Å². The van der Waals surface area contributed by atoms with Gasteiger partial charge >= 0.3 is 5.97 Å². The van der Waals surface area contributed by atoms with Crippen molar-refractivity contribution in [3.05, 3.63) is 11.3 Å². The maximum absolute atomic E-state index is 12.1. The van der Waals surface area contributed by atoms with E-state index in [9.17, 15) is 24.4 Å². The molecule has 0 saturated carbocycles. The molecule has 0 radical (unpaired) electrons. The third-order valence-electron chi connectivity index (χ3n) is 3.99. The molecule has 0 aromatic carbocycles. The lowest BCUT2D eigenvalue weighted by molar-refractivity contribution is -0.161. The Hall–Kier alpha value is -0.740. The second-order valence-corrected chi connectivity index (χ2v) is 7.83. The Morgan fingerprint density at radius 2 is 2.32 bits per heavy atom. The molecule has 4 atom stereocenters. The van der Waals surface area contributed by atoms with Crippen LogP contribution in [0.3, 0.4) is 0 Å². The topological polar surface area (TPSA) is 127 Å². The normalized spacial score (nSPS) is 26.7. The van der Waals surface area contributed by atoms with E-state index in [1.165, 1.54) is 23.8 Å². The number of carbonyl (C=O) groups excluding carboxylic acids is 1. The van der Waals surface area contributed by atoms with Gasteiger partial charge in [-0.15, -0.1) is 0 Å². The number of hydrogen-bond acceptors (Lipinski definition) is 6. The maximum atomic E-state index is 12.1. The number of aliphatic carboxylic acids is 1. The fourth-order valence-corrected chi connectivity index (χ4v) is 4.81. The van der Waals surface area contributed by atoms with Gasteiger partial charge in [-0.1, -0.05) is 11.9 Å². The van der Waals surface area contributed by atoms with Crippen LogP contribution in [0.4, 0.5) is 0 Å². The average molecular weight is 348 g/mol. The predicted molar refractivity (Wildman–Crippen MR) is 84.2 cm³/mol. The molecule has 4 unspecified atom stereocenters. The molecule has 0 bridgehead atoms. The minimum absolute atomic E-state index is 0.0477. The Balaban J connectivity index is 2.07. The summed E-state index contributed by atoms with van der Waals surface area (Å²) in [5.74, 6) is -0.785. The van der Waals surface area contributed by atoms with Gasteiger partial charge in [0.1, 0.15) is 17.2 Å². The lowest BCUT2D eigenvalue weighted by Gasteiger charge is -2.44. The van der Waals surface area contributed by atoms with Gasteiger partial charge in [-0.2, -0.15) is 0 Å². The molecule has 2 heterocycles. The summed E-state index contributed by atoms with van der Waals surface area (Å²) < 4.78 is 12.1. The molecule has 9 heteroatoms. The number of aliphatic hydroxyl groups is 1. The van der Waals surface area contributed by atoms with Crippen LogP contribution < -0.4 is 5.14 Å². The van der Waals surface area contributed by atoms with Crippen molar-refractivity contribution >= 4 is 35.0 Å². The largest absolute Gasteiger partial charge is 0.616 e. The minimum atomic E-state index is -1.18. The summed E-state index contributed by atoms with van der Waals surface area (Å²) in [5, 5.41) is 24.3. The first-order valence-corrected chi connectivity index (χ1v) is 9.55. The van der Waals surface area contributed by atoms with Gasteiger partial charge in [-0.05, 0) is 24.5 Å². The Morgan fingerprint density at radius 1 is 1.64 bits per heavy atom. The van der Waals surface area contributed by atoms with E-state index in [2.05, 4.69) is 0 Å². The fraction of sp³-hybridized carbons (Fsp3) is 0.692.